The van der Waals surface area contributed by atoms with Crippen molar-refractivity contribution in [3.8, 4) is 28.7 Å². The van der Waals surface area contributed by atoms with Gasteiger partial charge in [-0.25, -0.2) is 4.98 Å². The lowest BCUT2D eigenvalue weighted by atomic mass is 10.1. The number of rotatable bonds is 6. The number of anilines is 1. The number of hydrogen-bond donors (Lipinski definition) is 1. The van der Waals surface area contributed by atoms with Crippen LogP contribution in [0.4, 0.5) is 5.69 Å². The van der Waals surface area contributed by atoms with Crippen molar-refractivity contribution in [3.63, 3.8) is 0 Å². The standard InChI is InChI=1S/C22H19N3O5/c1-27-15-8-14(9-16(11-15)28-2)21(26)24-17-10-13(4-5-19(17)29-3)22-25-18-12-23-7-6-20(18)30-22/h4-12H,1-3H3,(H,24,26). The number of aromatic nitrogens is 2. The van der Waals surface area contributed by atoms with E-state index >= 15 is 0 Å². The van der Waals surface area contributed by atoms with Crippen LogP contribution in [0.3, 0.4) is 0 Å². The van der Waals surface area contributed by atoms with Gasteiger partial charge in [-0.3, -0.25) is 9.78 Å². The Morgan fingerprint density at radius 2 is 1.73 bits per heavy atom. The number of nitrogens with one attached hydrogen (secondary N) is 1. The van der Waals surface area contributed by atoms with Crippen LogP contribution in [0.5, 0.6) is 17.2 Å². The molecule has 0 aliphatic heterocycles. The van der Waals surface area contributed by atoms with Crippen molar-refractivity contribution in [2.24, 2.45) is 0 Å². The summed E-state index contributed by atoms with van der Waals surface area (Å²) in [5.74, 6) is 1.60. The number of oxazole rings is 1. The molecule has 0 aliphatic rings. The van der Waals surface area contributed by atoms with Crippen molar-refractivity contribution >= 4 is 22.7 Å². The van der Waals surface area contributed by atoms with Crippen LogP contribution < -0.4 is 19.5 Å². The molecule has 1 N–H and O–H groups in total. The van der Waals surface area contributed by atoms with Crippen LogP contribution in [-0.2, 0) is 0 Å². The van der Waals surface area contributed by atoms with E-state index in [9.17, 15) is 4.79 Å². The number of amides is 1. The Bertz CT molecular complexity index is 1160. The summed E-state index contributed by atoms with van der Waals surface area (Å²) in [5, 5.41) is 2.87. The number of hydrogen-bond acceptors (Lipinski definition) is 7. The molecule has 4 aromatic rings. The maximum Gasteiger partial charge on any atom is 0.256 e. The number of carbonyl (C=O) groups is 1. The summed E-state index contributed by atoms with van der Waals surface area (Å²) < 4.78 is 21.7. The minimum absolute atomic E-state index is 0.343. The van der Waals surface area contributed by atoms with Gasteiger partial charge in [0.1, 0.15) is 22.8 Å². The lowest BCUT2D eigenvalue weighted by Crippen LogP contribution is -2.13. The van der Waals surface area contributed by atoms with Crippen molar-refractivity contribution in [1.29, 1.82) is 0 Å². The molecule has 2 aromatic heterocycles. The number of benzene rings is 2. The Labute approximate surface area is 172 Å². The van der Waals surface area contributed by atoms with Gasteiger partial charge in [0.15, 0.2) is 5.58 Å². The van der Waals surface area contributed by atoms with Crippen molar-refractivity contribution in [2.75, 3.05) is 26.6 Å². The van der Waals surface area contributed by atoms with Crippen LogP contribution >= 0.6 is 0 Å². The zero-order valence-electron chi connectivity index (χ0n) is 16.6. The maximum absolute atomic E-state index is 12.9. The van der Waals surface area contributed by atoms with Crippen LogP contribution in [0.25, 0.3) is 22.6 Å². The fourth-order valence-corrected chi connectivity index (χ4v) is 2.98. The molecule has 0 aliphatic carbocycles. The van der Waals surface area contributed by atoms with E-state index < -0.39 is 0 Å². The average Bonchev–Trinajstić information content (AvgIpc) is 3.23. The summed E-state index contributed by atoms with van der Waals surface area (Å²) in [6, 6.07) is 12.0. The summed E-state index contributed by atoms with van der Waals surface area (Å²) in [7, 11) is 4.59. The number of nitrogens with zero attached hydrogens (tertiary/aromatic N) is 2. The van der Waals surface area contributed by atoms with E-state index in [2.05, 4.69) is 15.3 Å². The predicted octanol–water partition coefficient (Wildman–Crippen LogP) is 4.17. The quantitative estimate of drug-likeness (QED) is 0.514. The minimum Gasteiger partial charge on any atom is -0.497 e. The van der Waals surface area contributed by atoms with E-state index in [1.807, 2.05) is 0 Å². The van der Waals surface area contributed by atoms with E-state index in [0.29, 0.717) is 51.1 Å². The Morgan fingerprint density at radius 1 is 0.967 bits per heavy atom. The van der Waals surface area contributed by atoms with Crippen LogP contribution in [0.15, 0.2) is 59.3 Å². The highest BCUT2D eigenvalue weighted by Crippen LogP contribution is 2.32. The van der Waals surface area contributed by atoms with Gasteiger partial charge in [0.25, 0.3) is 5.91 Å². The van der Waals surface area contributed by atoms with Gasteiger partial charge in [-0.05, 0) is 30.3 Å². The van der Waals surface area contributed by atoms with Gasteiger partial charge in [-0.2, -0.15) is 0 Å². The van der Waals surface area contributed by atoms with Crippen molar-refractivity contribution in [3.05, 3.63) is 60.4 Å². The molecule has 0 unspecified atom stereocenters. The zero-order valence-corrected chi connectivity index (χ0v) is 16.6. The molecule has 4 rings (SSSR count). The van der Waals surface area contributed by atoms with Crippen molar-refractivity contribution in [1.82, 2.24) is 9.97 Å². The second-order valence-corrected chi connectivity index (χ2v) is 6.33. The van der Waals surface area contributed by atoms with E-state index in [1.54, 1.807) is 54.9 Å². The van der Waals surface area contributed by atoms with Crippen molar-refractivity contribution < 1.29 is 23.4 Å². The highest BCUT2D eigenvalue weighted by Gasteiger charge is 2.15. The Hall–Kier alpha value is -4.07. The fraction of sp³-hybridized carbons (Fsp3) is 0.136. The molecule has 30 heavy (non-hydrogen) atoms. The first-order valence-electron chi connectivity index (χ1n) is 9.04. The number of fused-ring (bicyclic) bond motifs is 1. The molecule has 0 saturated carbocycles. The number of pyridine rings is 1. The number of carbonyl (C=O) groups excluding carboxylic acids is 1. The molecule has 0 atom stereocenters. The molecule has 0 radical (unpaired) electrons. The molecule has 152 valence electrons. The summed E-state index contributed by atoms with van der Waals surface area (Å²) in [6.07, 6.45) is 3.27. The molecule has 2 heterocycles. The van der Waals surface area contributed by atoms with E-state index in [-0.39, 0.29) is 5.91 Å². The van der Waals surface area contributed by atoms with Gasteiger partial charge >= 0.3 is 0 Å². The summed E-state index contributed by atoms with van der Waals surface area (Å²) in [5.41, 5.74) is 2.82. The van der Waals surface area contributed by atoms with Gasteiger partial charge in [-0.1, -0.05) is 0 Å². The second kappa shape index (κ2) is 8.12. The zero-order chi connectivity index (χ0) is 21.1. The van der Waals surface area contributed by atoms with Gasteiger partial charge < -0.3 is 23.9 Å². The number of methoxy groups -OCH3 is 3. The molecule has 0 bridgehead atoms. The minimum atomic E-state index is -0.343. The normalized spacial score (nSPS) is 10.6. The molecular weight excluding hydrogens is 386 g/mol. The summed E-state index contributed by atoms with van der Waals surface area (Å²) >= 11 is 0. The van der Waals surface area contributed by atoms with E-state index in [0.717, 1.165) is 0 Å². The Balaban J connectivity index is 1.68. The van der Waals surface area contributed by atoms with Gasteiger partial charge in [-0.15, -0.1) is 0 Å². The van der Waals surface area contributed by atoms with Gasteiger partial charge in [0.05, 0.1) is 33.2 Å². The highest BCUT2D eigenvalue weighted by molar-refractivity contribution is 6.05. The lowest BCUT2D eigenvalue weighted by Gasteiger charge is -2.12. The van der Waals surface area contributed by atoms with E-state index in [1.165, 1.54) is 21.3 Å². The molecule has 0 saturated heterocycles. The Kier molecular flexibility index (Phi) is 5.21. The molecule has 8 nitrogen and oxygen atoms in total. The third-order valence-electron chi connectivity index (χ3n) is 4.50. The first kappa shape index (κ1) is 19.3. The van der Waals surface area contributed by atoms with Crippen LogP contribution in [0, 0.1) is 0 Å². The monoisotopic (exact) mass is 405 g/mol. The lowest BCUT2D eigenvalue weighted by molar-refractivity contribution is 0.102. The van der Waals surface area contributed by atoms with Crippen LogP contribution in [-0.4, -0.2) is 37.2 Å². The molecule has 0 fully saturated rings. The molecular formula is C22H19N3O5. The topological polar surface area (TPSA) is 95.7 Å². The molecule has 8 heteroatoms. The van der Waals surface area contributed by atoms with E-state index in [4.69, 9.17) is 18.6 Å². The van der Waals surface area contributed by atoms with Crippen LogP contribution in [0.1, 0.15) is 10.4 Å². The van der Waals surface area contributed by atoms with Gasteiger partial charge in [0.2, 0.25) is 5.89 Å². The maximum atomic E-state index is 12.9. The first-order valence-corrected chi connectivity index (χ1v) is 9.04. The SMILES string of the molecule is COc1cc(OC)cc(C(=O)Nc2cc(-c3nc4cnccc4o3)ccc2OC)c1. The average molecular weight is 405 g/mol. The molecule has 1 amide bonds. The first-order chi connectivity index (χ1) is 14.6. The largest absolute Gasteiger partial charge is 0.497 e. The molecule has 0 spiro atoms. The third kappa shape index (κ3) is 3.75. The third-order valence-corrected chi connectivity index (χ3v) is 4.50. The Morgan fingerprint density at radius 3 is 2.40 bits per heavy atom. The molecule has 2 aromatic carbocycles. The van der Waals surface area contributed by atoms with Crippen LogP contribution in [0.2, 0.25) is 0 Å². The second-order valence-electron chi connectivity index (χ2n) is 6.33. The fourth-order valence-electron chi connectivity index (χ4n) is 2.98. The predicted molar refractivity (Wildman–Crippen MR) is 111 cm³/mol. The summed E-state index contributed by atoms with van der Waals surface area (Å²) in [4.78, 5) is 21.4. The summed E-state index contributed by atoms with van der Waals surface area (Å²) in [6.45, 7) is 0. The van der Waals surface area contributed by atoms with Gasteiger partial charge in [0, 0.05) is 29.5 Å². The highest BCUT2D eigenvalue weighted by atomic mass is 16.5. The number of ether oxygens (including phenoxy) is 3. The van der Waals surface area contributed by atoms with Crippen molar-refractivity contribution in [2.45, 2.75) is 0 Å². The smallest absolute Gasteiger partial charge is 0.256 e.